The van der Waals surface area contributed by atoms with Crippen LogP contribution in [0.3, 0.4) is 0 Å². The van der Waals surface area contributed by atoms with E-state index in [1.54, 1.807) is 32.9 Å². The van der Waals surface area contributed by atoms with Crippen LogP contribution in [-0.2, 0) is 20.7 Å². The molecule has 2 rings (SSSR count). The van der Waals surface area contributed by atoms with Crippen molar-refractivity contribution < 1.29 is 29.6 Å². The fourth-order valence-corrected chi connectivity index (χ4v) is 4.61. The molecule has 0 saturated heterocycles. The van der Waals surface area contributed by atoms with Crippen LogP contribution >= 0.6 is 0 Å². The first-order valence-electron chi connectivity index (χ1n) is 11.7. The molecular weight excluding hydrogens is 420 g/mol. The van der Waals surface area contributed by atoms with Crippen molar-refractivity contribution >= 4 is 11.8 Å². The third-order valence-electron chi connectivity index (χ3n) is 6.98. The Labute approximate surface area is 197 Å². The molecule has 1 aliphatic rings. The second-order valence-electron chi connectivity index (χ2n) is 9.41. The van der Waals surface area contributed by atoms with Crippen molar-refractivity contribution in [3.8, 4) is 0 Å². The number of ketones is 1. The number of carbonyl (C=O) groups is 2. The number of hydrogen-bond acceptors (Lipinski definition) is 6. The molecule has 0 aliphatic heterocycles. The van der Waals surface area contributed by atoms with E-state index >= 15 is 0 Å². The minimum Gasteiger partial charge on any atom is -0.462 e. The normalized spacial score (nSPS) is 24.7. The van der Waals surface area contributed by atoms with Crippen molar-refractivity contribution in [2.24, 2.45) is 11.8 Å². The molecule has 0 saturated carbocycles. The summed E-state index contributed by atoms with van der Waals surface area (Å²) >= 11 is 0. The molecule has 0 unspecified atom stereocenters. The number of esters is 1. The van der Waals surface area contributed by atoms with Crippen LogP contribution in [0.2, 0.25) is 0 Å². The molecule has 0 bridgehead atoms. The maximum atomic E-state index is 12.9. The van der Waals surface area contributed by atoms with Crippen LogP contribution in [0.15, 0.2) is 53.6 Å². The Hall–Kier alpha value is -2.28. The summed E-state index contributed by atoms with van der Waals surface area (Å²) in [6.45, 7) is 8.46. The van der Waals surface area contributed by atoms with Gasteiger partial charge in [0.15, 0.2) is 5.78 Å². The molecule has 0 amide bonds. The zero-order chi connectivity index (χ0) is 24.8. The van der Waals surface area contributed by atoms with Gasteiger partial charge >= 0.3 is 5.97 Å². The summed E-state index contributed by atoms with van der Waals surface area (Å²) in [6, 6.07) is 9.36. The molecule has 1 aromatic carbocycles. The maximum absolute atomic E-state index is 12.9. The molecule has 5 atom stereocenters. The first-order chi connectivity index (χ1) is 15.5. The second-order valence-corrected chi connectivity index (χ2v) is 9.41. The van der Waals surface area contributed by atoms with E-state index in [0.717, 1.165) is 5.56 Å². The number of ether oxygens (including phenoxy) is 1. The van der Waals surface area contributed by atoms with Gasteiger partial charge in [-0.25, -0.2) is 0 Å². The molecular formula is C27H38O6. The third-order valence-corrected chi connectivity index (χ3v) is 6.98. The zero-order valence-electron chi connectivity index (χ0n) is 20.4. The summed E-state index contributed by atoms with van der Waals surface area (Å²) < 4.78 is 5.69. The third kappa shape index (κ3) is 6.19. The van der Waals surface area contributed by atoms with Crippen molar-refractivity contribution in [3.05, 3.63) is 59.2 Å². The molecule has 0 spiro atoms. The Balaban J connectivity index is 2.15. The molecule has 0 heterocycles. The summed E-state index contributed by atoms with van der Waals surface area (Å²) in [7, 11) is 0. The predicted molar refractivity (Wildman–Crippen MR) is 127 cm³/mol. The minimum absolute atomic E-state index is 0.0521. The molecule has 1 aliphatic carbocycles. The molecule has 6 nitrogen and oxygen atoms in total. The summed E-state index contributed by atoms with van der Waals surface area (Å²) in [5, 5.41) is 32.5. The number of allylic oxidation sites excluding steroid dienone is 1. The SMILES string of the molecule is C/C=C(/CO)C[C@]1(O)C(=O)C(C)=C[C@H]1[C@@](C)(O)[C@H](C)C[C@@H](CC)OC(=O)Cc1ccccc1. The molecule has 3 N–H and O–H groups in total. The van der Waals surface area contributed by atoms with Gasteiger partial charge in [-0.05, 0) is 56.2 Å². The molecule has 0 aromatic heterocycles. The highest BCUT2D eigenvalue weighted by molar-refractivity contribution is 6.04. The first-order valence-corrected chi connectivity index (χ1v) is 11.7. The number of aliphatic hydroxyl groups is 3. The number of carbonyl (C=O) groups excluding carboxylic acids is 2. The molecule has 1 aromatic rings. The number of aliphatic hydroxyl groups excluding tert-OH is 1. The van der Waals surface area contributed by atoms with Crippen LogP contribution < -0.4 is 0 Å². The van der Waals surface area contributed by atoms with Gasteiger partial charge in [-0.1, -0.05) is 56.3 Å². The van der Waals surface area contributed by atoms with Gasteiger partial charge in [0.05, 0.1) is 18.6 Å². The van der Waals surface area contributed by atoms with Crippen molar-refractivity contribution in [2.45, 2.75) is 77.6 Å². The molecule has 182 valence electrons. The van der Waals surface area contributed by atoms with Crippen molar-refractivity contribution in [1.29, 1.82) is 0 Å². The minimum atomic E-state index is -1.84. The van der Waals surface area contributed by atoms with E-state index < -0.39 is 29.0 Å². The monoisotopic (exact) mass is 458 g/mol. The highest BCUT2D eigenvalue weighted by atomic mass is 16.5. The maximum Gasteiger partial charge on any atom is 0.310 e. The van der Waals surface area contributed by atoms with Crippen LogP contribution in [0.5, 0.6) is 0 Å². The molecule has 0 radical (unpaired) electrons. The number of benzene rings is 1. The van der Waals surface area contributed by atoms with Crippen LogP contribution in [0, 0.1) is 11.8 Å². The van der Waals surface area contributed by atoms with Gasteiger partial charge < -0.3 is 20.1 Å². The van der Waals surface area contributed by atoms with Crippen LogP contribution in [-0.4, -0.2) is 51.0 Å². The second kappa shape index (κ2) is 11.2. The van der Waals surface area contributed by atoms with E-state index in [-0.39, 0.29) is 31.3 Å². The topological polar surface area (TPSA) is 104 Å². The predicted octanol–water partition coefficient (Wildman–Crippen LogP) is 3.53. The number of hydrogen-bond donors (Lipinski definition) is 3. The van der Waals surface area contributed by atoms with E-state index in [1.165, 1.54) is 0 Å². The molecule has 33 heavy (non-hydrogen) atoms. The van der Waals surface area contributed by atoms with E-state index in [0.29, 0.717) is 24.0 Å². The highest BCUT2D eigenvalue weighted by Crippen LogP contribution is 2.45. The van der Waals surface area contributed by atoms with Gasteiger partial charge in [-0.3, -0.25) is 9.59 Å². The van der Waals surface area contributed by atoms with Crippen molar-refractivity contribution in [2.75, 3.05) is 6.61 Å². The summed E-state index contributed by atoms with van der Waals surface area (Å²) in [5.41, 5.74) is -1.49. The quantitative estimate of drug-likeness (QED) is 0.346. The van der Waals surface area contributed by atoms with Crippen molar-refractivity contribution in [1.82, 2.24) is 0 Å². The lowest BCUT2D eigenvalue weighted by Gasteiger charge is -2.43. The fourth-order valence-electron chi connectivity index (χ4n) is 4.61. The Kier molecular flexibility index (Phi) is 9.18. The molecule has 0 fully saturated rings. The van der Waals surface area contributed by atoms with Gasteiger partial charge in [0.25, 0.3) is 0 Å². The van der Waals surface area contributed by atoms with Gasteiger partial charge in [0.2, 0.25) is 0 Å². The Morgan fingerprint density at radius 3 is 2.48 bits per heavy atom. The van der Waals surface area contributed by atoms with E-state index in [4.69, 9.17) is 4.74 Å². The van der Waals surface area contributed by atoms with E-state index in [2.05, 4.69) is 0 Å². The average Bonchev–Trinajstić information content (AvgIpc) is 3.02. The summed E-state index contributed by atoms with van der Waals surface area (Å²) in [6.07, 6.45) is 3.99. The zero-order valence-corrected chi connectivity index (χ0v) is 20.4. The number of Topliss-reactive ketones (excluding diaryl/α,β-unsaturated/α-hetero) is 1. The lowest BCUT2D eigenvalue weighted by molar-refractivity contribution is -0.157. The fraction of sp³-hybridized carbons (Fsp3) is 0.556. The van der Waals surface area contributed by atoms with Gasteiger partial charge in [0.1, 0.15) is 11.7 Å². The Morgan fingerprint density at radius 1 is 1.30 bits per heavy atom. The highest BCUT2D eigenvalue weighted by Gasteiger charge is 2.56. The van der Waals surface area contributed by atoms with Gasteiger partial charge in [-0.15, -0.1) is 0 Å². The number of rotatable bonds is 11. The van der Waals surface area contributed by atoms with Gasteiger partial charge in [0, 0.05) is 12.3 Å². The summed E-state index contributed by atoms with van der Waals surface area (Å²) in [5.74, 6) is -2.01. The van der Waals surface area contributed by atoms with Crippen molar-refractivity contribution in [3.63, 3.8) is 0 Å². The Bertz CT molecular complexity index is 885. The largest absolute Gasteiger partial charge is 0.462 e. The smallest absolute Gasteiger partial charge is 0.310 e. The van der Waals surface area contributed by atoms with Crippen LogP contribution in [0.25, 0.3) is 0 Å². The lowest BCUT2D eigenvalue weighted by Crippen LogP contribution is -2.54. The standard InChI is InChI=1S/C27H38O6/c1-6-20(17-28)16-27(32)23(13-18(3)25(27)30)26(5,31)19(4)14-22(7-2)33-24(29)15-21-11-9-8-10-12-21/h6,8-13,19,22-23,28,31-32H,7,14-17H2,1-5H3/b20-6+/t19-,22-,23+,26+,27-/m1/s1. The van der Waals surface area contributed by atoms with Gasteiger partial charge in [-0.2, -0.15) is 0 Å². The average molecular weight is 459 g/mol. The van der Waals surface area contributed by atoms with E-state index in [9.17, 15) is 24.9 Å². The van der Waals surface area contributed by atoms with Crippen LogP contribution in [0.1, 0.15) is 59.4 Å². The Morgan fingerprint density at radius 2 is 1.94 bits per heavy atom. The summed E-state index contributed by atoms with van der Waals surface area (Å²) in [4.78, 5) is 25.3. The van der Waals surface area contributed by atoms with E-state index in [1.807, 2.05) is 44.2 Å². The van der Waals surface area contributed by atoms with Crippen LogP contribution in [0.4, 0.5) is 0 Å². The first kappa shape index (κ1) is 27.0. The molecule has 6 heteroatoms. The lowest BCUT2D eigenvalue weighted by atomic mass is 9.68.